The van der Waals surface area contributed by atoms with E-state index in [1.807, 2.05) is 6.07 Å². The second-order valence-corrected chi connectivity index (χ2v) is 7.47. The van der Waals surface area contributed by atoms with Crippen molar-refractivity contribution in [1.82, 2.24) is 0 Å². The van der Waals surface area contributed by atoms with Gasteiger partial charge in [0.25, 0.3) is 0 Å². The second-order valence-electron chi connectivity index (χ2n) is 7.06. The fourth-order valence-corrected chi connectivity index (χ4v) is 5.55. The number of carbonyl (C=O) groups excluding carboxylic acids is 1. The number of benzene rings is 1. The van der Waals surface area contributed by atoms with E-state index < -0.39 is 0 Å². The van der Waals surface area contributed by atoms with Gasteiger partial charge in [0.2, 0.25) is 0 Å². The molecule has 106 valence electrons. The summed E-state index contributed by atoms with van der Waals surface area (Å²) >= 11 is 6.24. The smallest absolute Gasteiger partial charge is 0.167 e. The maximum absolute atomic E-state index is 12.9. The van der Waals surface area contributed by atoms with Gasteiger partial charge >= 0.3 is 0 Å². The highest BCUT2D eigenvalue weighted by molar-refractivity contribution is 6.34. The van der Waals surface area contributed by atoms with Crippen LogP contribution in [0.5, 0.6) is 0 Å². The lowest BCUT2D eigenvalue weighted by Crippen LogP contribution is -2.48. The Morgan fingerprint density at radius 1 is 1.05 bits per heavy atom. The molecule has 0 heterocycles. The predicted octanol–water partition coefficient (Wildman–Crippen LogP) is 4.18. The lowest BCUT2D eigenvalue weighted by molar-refractivity contribution is -0.0251. The van der Waals surface area contributed by atoms with Crippen LogP contribution in [0.2, 0.25) is 5.02 Å². The van der Waals surface area contributed by atoms with E-state index in [1.54, 1.807) is 12.1 Å². The Kier molecular flexibility index (Phi) is 2.85. The summed E-state index contributed by atoms with van der Waals surface area (Å²) in [6.07, 6.45) is 6.45. The average Bonchev–Trinajstić information content (AvgIpc) is 2.37. The third-order valence-electron chi connectivity index (χ3n) is 5.79. The molecule has 2 nitrogen and oxygen atoms in total. The molecule has 3 heteroatoms. The maximum Gasteiger partial charge on any atom is 0.167 e. The van der Waals surface area contributed by atoms with Gasteiger partial charge in [0.15, 0.2) is 5.78 Å². The van der Waals surface area contributed by atoms with Gasteiger partial charge in [-0.25, -0.2) is 0 Å². The predicted molar refractivity (Wildman–Crippen MR) is 80.7 cm³/mol. The van der Waals surface area contributed by atoms with Crippen LogP contribution in [-0.4, -0.2) is 5.78 Å². The minimum absolute atomic E-state index is 0.212. The molecule has 5 rings (SSSR count). The summed E-state index contributed by atoms with van der Waals surface area (Å²) in [5.74, 6) is 3.47. The van der Waals surface area contributed by atoms with E-state index in [9.17, 15) is 4.79 Å². The van der Waals surface area contributed by atoms with Crippen molar-refractivity contribution in [3.05, 3.63) is 28.8 Å². The molecule has 0 amide bonds. The zero-order valence-electron chi connectivity index (χ0n) is 11.5. The number of halogens is 1. The molecule has 1 aromatic carbocycles. The number of Topliss-reactive ketones (excluding diaryl/α,β-unsaturated/α-hetero) is 1. The Morgan fingerprint density at radius 2 is 1.65 bits per heavy atom. The van der Waals surface area contributed by atoms with Gasteiger partial charge in [0, 0.05) is 17.2 Å². The van der Waals surface area contributed by atoms with E-state index in [4.69, 9.17) is 17.3 Å². The molecule has 4 aliphatic rings. The van der Waals surface area contributed by atoms with E-state index >= 15 is 0 Å². The van der Waals surface area contributed by atoms with Crippen LogP contribution < -0.4 is 5.73 Å². The lowest BCUT2D eigenvalue weighted by atomic mass is 9.51. The van der Waals surface area contributed by atoms with E-state index in [0.717, 1.165) is 11.8 Å². The number of carbonyl (C=O) groups is 1. The van der Waals surface area contributed by atoms with E-state index in [-0.39, 0.29) is 11.7 Å². The molecule has 4 saturated carbocycles. The number of nitrogen functional groups attached to an aromatic ring is 1. The highest BCUT2D eigenvalue weighted by Gasteiger charge is 2.50. The SMILES string of the molecule is Nc1ccc(C(=O)C2C3CC4CC(C3)CC2C4)c(Cl)c1. The van der Waals surface area contributed by atoms with E-state index in [1.165, 1.54) is 32.1 Å². The van der Waals surface area contributed by atoms with E-state index in [2.05, 4.69) is 0 Å². The molecule has 4 fully saturated rings. The first-order valence-electron chi connectivity index (χ1n) is 7.71. The fraction of sp³-hybridized carbons (Fsp3) is 0.588. The first-order chi connectivity index (χ1) is 9.61. The molecule has 2 N–H and O–H groups in total. The standard InChI is InChI=1S/C17H20ClNO/c18-15-8-13(19)1-2-14(15)17(20)16-11-4-9-3-10(6-11)7-12(16)5-9/h1-2,8-12,16H,3-7,19H2. The topological polar surface area (TPSA) is 43.1 Å². The zero-order valence-corrected chi connectivity index (χ0v) is 12.3. The molecular formula is C17H20ClNO. The van der Waals surface area contributed by atoms with Crippen molar-refractivity contribution in [1.29, 1.82) is 0 Å². The summed E-state index contributed by atoms with van der Waals surface area (Å²) in [5, 5.41) is 0.517. The van der Waals surface area contributed by atoms with E-state index in [0.29, 0.717) is 28.1 Å². The summed E-state index contributed by atoms with van der Waals surface area (Å²) in [6.45, 7) is 0. The van der Waals surface area contributed by atoms with Crippen molar-refractivity contribution in [2.45, 2.75) is 32.1 Å². The zero-order chi connectivity index (χ0) is 13.9. The first kappa shape index (κ1) is 12.7. The third kappa shape index (κ3) is 1.88. The minimum atomic E-state index is 0.212. The maximum atomic E-state index is 12.9. The lowest BCUT2D eigenvalue weighted by Gasteiger charge is -2.53. The Morgan fingerprint density at radius 3 is 2.20 bits per heavy atom. The molecule has 0 saturated heterocycles. The number of nitrogens with two attached hydrogens (primary N) is 1. The van der Waals surface area contributed by atoms with Crippen molar-refractivity contribution in [2.75, 3.05) is 5.73 Å². The largest absolute Gasteiger partial charge is 0.399 e. The number of hydrogen-bond donors (Lipinski definition) is 1. The molecule has 0 unspecified atom stereocenters. The second kappa shape index (κ2) is 4.49. The Bertz CT molecular complexity index is 540. The molecule has 0 atom stereocenters. The number of ketones is 1. The van der Waals surface area contributed by atoms with Crippen LogP contribution >= 0.6 is 11.6 Å². The first-order valence-corrected chi connectivity index (χ1v) is 8.09. The highest BCUT2D eigenvalue weighted by Crippen LogP contribution is 2.57. The van der Waals surface area contributed by atoms with Crippen molar-refractivity contribution in [2.24, 2.45) is 29.6 Å². The normalized spacial score (nSPS) is 38.1. The van der Waals surface area contributed by atoms with Crippen LogP contribution in [0.25, 0.3) is 0 Å². The summed E-state index contributed by atoms with van der Waals surface area (Å²) in [7, 11) is 0. The Balaban J connectivity index is 1.65. The van der Waals surface area contributed by atoms with Crippen molar-refractivity contribution in [3.63, 3.8) is 0 Å². The Hall–Kier alpha value is -1.02. The van der Waals surface area contributed by atoms with Crippen molar-refractivity contribution < 1.29 is 4.79 Å². The number of hydrogen-bond acceptors (Lipinski definition) is 2. The van der Waals surface area contributed by atoms with Gasteiger partial charge in [-0.3, -0.25) is 4.79 Å². The molecule has 1 aromatic rings. The molecule has 4 aliphatic carbocycles. The van der Waals surface area contributed by atoms with Gasteiger partial charge in [-0.1, -0.05) is 11.6 Å². The minimum Gasteiger partial charge on any atom is -0.399 e. The van der Waals surface area contributed by atoms with Gasteiger partial charge in [-0.2, -0.15) is 0 Å². The molecule has 4 bridgehead atoms. The summed E-state index contributed by atoms with van der Waals surface area (Å²) < 4.78 is 0. The van der Waals surface area contributed by atoms with Gasteiger partial charge < -0.3 is 5.73 Å². The third-order valence-corrected chi connectivity index (χ3v) is 6.10. The summed E-state index contributed by atoms with van der Waals surface area (Å²) in [4.78, 5) is 12.9. The summed E-state index contributed by atoms with van der Waals surface area (Å²) in [6, 6.07) is 5.30. The van der Waals surface area contributed by atoms with Crippen LogP contribution in [-0.2, 0) is 0 Å². The van der Waals surface area contributed by atoms with Gasteiger partial charge in [-0.05, 0) is 74.0 Å². The quantitative estimate of drug-likeness (QED) is 0.656. The fourth-order valence-electron chi connectivity index (χ4n) is 5.26. The Labute approximate surface area is 124 Å². The van der Waals surface area contributed by atoms with Crippen LogP contribution in [0, 0.1) is 29.6 Å². The number of anilines is 1. The van der Waals surface area contributed by atoms with Gasteiger partial charge in [-0.15, -0.1) is 0 Å². The van der Waals surface area contributed by atoms with Gasteiger partial charge in [0.05, 0.1) is 5.02 Å². The molecule has 0 spiro atoms. The van der Waals surface area contributed by atoms with Gasteiger partial charge in [0.1, 0.15) is 0 Å². The molecule has 20 heavy (non-hydrogen) atoms. The van der Waals surface area contributed by atoms with Crippen molar-refractivity contribution >= 4 is 23.1 Å². The molecular weight excluding hydrogens is 270 g/mol. The number of rotatable bonds is 2. The highest BCUT2D eigenvalue weighted by atomic mass is 35.5. The monoisotopic (exact) mass is 289 g/mol. The molecule has 0 radical (unpaired) electrons. The van der Waals surface area contributed by atoms with Crippen LogP contribution in [0.1, 0.15) is 42.5 Å². The van der Waals surface area contributed by atoms with Crippen LogP contribution in [0.3, 0.4) is 0 Å². The van der Waals surface area contributed by atoms with Crippen molar-refractivity contribution in [3.8, 4) is 0 Å². The molecule has 0 aliphatic heterocycles. The molecule has 0 aromatic heterocycles. The average molecular weight is 290 g/mol. The van der Waals surface area contributed by atoms with Crippen LogP contribution in [0.4, 0.5) is 5.69 Å². The van der Waals surface area contributed by atoms with Crippen LogP contribution in [0.15, 0.2) is 18.2 Å². The summed E-state index contributed by atoms with van der Waals surface area (Å²) in [5.41, 5.74) is 7.03.